The lowest BCUT2D eigenvalue weighted by atomic mass is 10.0. The average Bonchev–Trinajstić information content (AvgIpc) is 1.96. The number of esters is 1. The molecule has 0 spiro atoms. The summed E-state index contributed by atoms with van der Waals surface area (Å²) < 4.78 is 4.34. The highest BCUT2D eigenvalue weighted by Gasteiger charge is 2.46. The van der Waals surface area contributed by atoms with Gasteiger partial charge in [0.25, 0.3) is 0 Å². The van der Waals surface area contributed by atoms with Crippen LogP contribution < -0.4 is 0 Å². The van der Waals surface area contributed by atoms with Gasteiger partial charge in [0.2, 0.25) is 0 Å². The zero-order chi connectivity index (χ0) is 7.07. The number of hydrogen-bond donors (Lipinski definition) is 2. The fraction of sp³-hybridized carbons (Fsp3) is 0.800. The van der Waals surface area contributed by atoms with E-state index in [0.717, 1.165) is 0 Å². The number of aliphatic hydroxyl groups excluding tert-OH is 1. The van der Waals surface area contributed by atoms with Crippen molar-refractivity contribution in [2.75, 3.05) is 6.61 Å². The van der Waals surface area contributed by atoms with Gasteiger partial charge in [-0.3, -0.25) is 0 Å². The molecule has 0 radical (unpaired) electrons. The molecule has 4 heteroatoms. The number of hydrogen-bond acceptors (Lipinski definition) is 4. The van der Waals surface area contributed by atoms with Gasteiger partial charge in [0.15, 0.2) is 5.60 Å². The third-order valence-electron chi connectivity index (χ3n) is 1.43. The van der Waals surface area contributed by atoms with Crippen LogP contribution in [0.3, 0.4) is 0 Å². The molecule has 2 unspecified atom stereocenters. The predicted octanol–water partition coefficient (Wildman–Crippen LogP) is -1.34. The second-order valence-electron chi connectivity index (χ2n) is 2.26. The molecule has 0 bridgehead atoms. The Labute approximate surface area is 52.1 Å². The SMILES string of the molecule is CC1(O)C(=O)OCC1O. The molecular weight excluding hydrogens is 124 g/mol. The molecule has 1 fully saturated rings. The molecule has 0 saturated carbocycles. The van der Waals surface area contributed by atoms with Crippen molar-refractivity contribution < 1.29 is 19.7 Å². The number of carbonyl (C=O) groups is 1. The molecule has 1 saturated heterocycles. The van der Waals surface area contributed by atoms with Gasteiger partial charge in [0.1, 0.15) is 12.7 Å². The lowest BCUT2D eigenvalue weighted by molar-refractivity contribution is -0.153. The van der Waals surface area contributed by atoms with Crippen LogP contribution in [0.2, 0.25) is 0 Å². The van der Waals surface area contributed by atoms with E-state index in [1.807, 2.05) is 0 Å². The van der Waals surface area contributed by atoms with E-state index in [0.29, 0.717) is 0 Å². The third-order valence-corrected chi connectivity index (χ3v) is 1.43. The van der Waals surface area contributed by atoms with Gasteiger partial charge in [-0.1, -0.05) is 0 Å². The molecule has 2 atom stereocenters. The quantitative estimate of drug-likeness (QED) is 0.400. The van der Waals surface area contributed by atoms with E-state index in [2.05, 4.69) is 4.74 Å². The molecule has 0 amide bonds. The topological polar surface area (TPSA) is 66.8 Å². The largest absolute Gasteiger partial charge is 0.461 e. The maximum atomic E-state index is 10.5. The van der Waals surface area contributed by atoms with Gasteiger partial charge in [-0.05, 0) is 6.92 Å². The number of ether oxygens (including phenoxy) is 1. The maximum Gasteiger partial charge on any atom is 0.340 e. The first-order valence-electron chi connectivity index (χ1n) is 2.63. The van der Waals surface area contributed by atoms with Crippen LogP contribution in [0.15, 0.2) is 0 Å². The first kappa shape index (κ1) is 6.51. The molecule has 52 valence electrons. The number of aliphatic hydroxyl groups is 2. The van der Waals surface area contributed by atoms with Gasteiger partial charge in [-0.2, -0.15) is 0 Å². The van der Waals surface area contributed by atoms with Gasteiger partial charge in [-0.25, -0.2) is 4.79 Å². The lowest BCUT2D eigenvalue weighted by Gasteiger charge is -2.13. The van der Waals surface area contributed by atoms with Gasteiger partial charge < -0.3 is 14.9 Å². The van der Waals surface area contributed by atoms with Crippen LogP contribution in [0.1, 0.15) is 6.92 Å². The fourth-order valence-corrected chi connectivity index (χ4v) is 0.599. The molecule has 1 aliphatic rings. The maximum absolute atomic E-state index is 10.5. The van der Waals surface area contributed by atoms with Gasteiger partial charge in [0.05, 0.1) is 0 Å². The van der Waals surface area contributed by atoms with Crippen molar-refractivity contribution in [2.24, 2.45) is 0 Å². The van der Waals surface area contributed by atoms with Gasteiger partial charge in [-0.15, -0.1) is 0 Å². The summed E-state index contributed by atoms with van der Waals surface area (Å²) in [5.41, 5.74) is -1.69. The molecule has 1 aliphatic heterocycles. The van der Waals surface area contributed by atoms with Crippen LogP contribution >= 0.6 is 0 Å². The molecule has 2 N–H and O–H groups in total. The van der Waals surface area contributed by atoms with Crippen LogP contribution in [0.5, 0.6) is 0 Å². The molecule has 4 nitrogen and oxygen atoms in total. The zero-order valence-electron chi connectivity index (χ0n) is 5.00. The minimum Gasteiger partial charge on any atom is -0.461 e. The van der Waals surface area contributed by atoms with E-state index in [1.165, 1.54) is 6.92 Å². The number of cyclic esters (lactones) is 1. The van der Waals surface area contributed by atoms with E-state index < -0.39 is 17.7 Å². The Morgan fingerprint density at radius 1 is 1.89 bits per heavy atom. The molecule has 9 heavy (non-hydrogen) atoms. The first-order chi connectivity index (χ1) is 4.05. The number of carbonyl (C=O) groups excluding carboxylic acids is 1. The van der Waals surface area contributed by atoms with Gasteiger partial charge >= 0.3 is 5.97 Å². The third kappa shape index (κ3) is 0.799. The Kier molecular flexibility index (Phi) is 1.22. The Hall–Kier alpha value is -0.610. The second-order valence-corrected chi connectivity index (χ2v) is 2.26. The first-order valence-corrected chi connectivity index (χ1v) is 2.63. The second kappa shape index (κ2) is 1.68. The van der Waals surface area contributed by atoms with Crippen molar-refractivity contribution >= 4 is 5.97 Å². The summed E-state index contributed by atoms with van der Waals surface area (Å²) >= 11 is 0. The van der Waals surface area contributed by atoms with Crippen LogP contribution in [0.4, 0.5) is 0 Å². The standard InChI is InChI=1S/C5H8O4/c1-5(8)3(6)2-9-4(5)7/h3,6,8H,2H2,1H3. The normalized spacial score (nSPS) is 43.0. The molecule has 0 aromatic heterocycles. The minimum atomic E-state index is -1.69. The van der Waals surface area contributed by atoms with E-state index in [1.54, 1.807) is 0 Å². The van der Waals surface area contributed by atoms with Crippen LogP contribution in [-0.2, 0) is 9.53 Å². The molecular formula is C5H8O4. The zero-order valence-corrected chi connectivity index (χ0v) is 5.00. The summed E-state index contributed by atoms with van der Waals surface area (Å²) in [7, 11) is 0. The van der Waals surface area contributed by atoms with Crippen molar-refractivity contribution in [1.29, 1.82) is 0 Å². The van der Waals surface area contributed by atoms with E-state index in [9.17, 15) is 4.79 Å². The van der Waals surface area contributed by atoms with Crippen LogP contribution in [0.25, 0.3) is 0 Å². The van der Waals surface area contributed by atoms with Crippen LogP contribution in [0, 0.1) is 0 Å². The summed E-state index contributed by atoms with van der Waals surface area (Å²) in [4.78, 5) is 10.5. The highest BCUT2D eigenvalue weighted by Crippen LogP contribution is 2.18. The highest BCUT2D eigenvalue weighted by molar-refractivity contribution is 5.81. The summed E-state index contributed by atoms with van der Waals surface area (Å²) in [6.45, 7) is 1.12. The average molecular weight is 132 g/mol. The van der Waals surface area contributed by atoms with E-state index in [4.69, 9.17) is 10.2 Å². The van der Waals surface area contributed by atoms with Crippen molar-refractivity contribution in [2.45, 2.75) is 18.6 Å². The minimum absolute atomic E-state index is 0.105. The summed E-state index contributed by atoms with van der Waals surface area (Å²) in [6, 6.07) is 0. The molecule has 0 aliphatic carbocycles. The monoisotopic (exact) mass is 132 g/mol. The van der Waals surface area contributed by atoms with E-state index >= 15 is 0 Å². The Morgan fingerprint density at radius 2 is 2.44 bits per heavy atom. The molecule has 1 rings (SSSR count). The smallest absolute Gasteiger partial charge is 0.340 e. The summed E-state index contributed by atoms with van der Waals surface area (Å²) in [6.07, 6.45) is -1.08. The Morgan fingerprint density at radius 3 is 2.56 bits per heavy atom. The van der Waals surface area contributed by atoms with Crippen molar-refractivity contribution in [3.05, 3.63) is 0 Å². The lowest BCUT2D eigenvalue weighted by Crippen LogP contribution is -2.40. The molecule has 0 aromatic carbocycles. The Balaban J connectivity index is 2.78. The molecule has 1 heterocycles. The Bertz CT molecular complexity index is 140. The van der Waals surface area contributed by atoms with Crippen molar-refractivity contribution in [3.8, 4) is 0 Å². The summed E-state index contributed by atoms with van der Waals surface area (Å²) in [5.74, 6) is -0.755. The van der Waals surface area contributed by atoms with E-state index in [-0.39, 0.29) is 6.61 Å². The summed E-state index contributed by atoms with van der Waals surface area (Å²) in [5, 5.41) is 17.8. The van der Waals surface area contributed by atoms with Crippen molar-refractivity contribution in [3.63, 3.8) is 0 Å². The van der Waals surface area contributed by atoms with Crippen LogP contribution in [-0.4, -0.2) is 34.5 Å². The molecule has 0 aromatic rings. The fourth-order valence-electron chi connectivity index (χ4n) is 0.599. The number of rotatable bonds is 0. The van der Waals surface area contributed by atoms with Gasteiger partial charge in [0, 0.05) is 0 Å². The highest BCUT2D eigenvalue weighted by atomic mass is 16.6. The predicted molar refractivity (Wildman–Crippen MR) is 27.6 cm³/mol. The van der Waals surface area contributed by atoms with Crippen molar-refractivity contribution in [1.82, 2.24) is 0 Å².